The van der Waals surface area contributed by atoms with E-state index >= 15 is 0 Å². The van der Waals surface area contributed by atoms with E-state index in [1.165, 1.54) is 102 Å². The number of benzene rings is 4. The van der Waals surface area contributed by atoms with E-state index in [1.807, 2.05) is 52.8 Å². The number of carbonyl (C=O) groups excluding carboxylic acids is 6. The fraction of sp³-hybridized carbons (Fsp3) is 0.649. The average Bonchev–Trinajstić information content (AvgIpc) is 0.713. The van der Waals surface area contributed by atoms with Crippen LogP contribution in [-0.2, 0) is 69.3 Å². The third-order valence-electron chi connectivity index (χ3n) is 34.5. The van der Waals surface area contributed by atoms with E-state index in [1.54, 1.807) is 77.0 Å². The molecule has 2 aromatic heterocycles. The number of piperazine rings is 2. The van der Waals surface area contributed by atoms with Crippen molar-refractivity contribution in [1.82, 2.24) is 45.1 Å². The first-order chi connectivity index (χ1) is 67.4. The van der Waals surface area contributed by atoms with Crippen LogP contribution in [0.4, 0.5) is 11.4 Å². The third-order valence-corrected chi connectivity index (χ3v) is 34.5. The molecule has 12 saturated carbocycles. The summed E-state index contributed by atoms with van der Waals surface area (Å²) in [5, 5.41) is 6.17. The SMILES string of the molecule is CC(=O)OOC(C)=O.CCN(c1cc(-c2ccc(CN3CCN(CCN(CCC45CC6CC(CC(C6)C4)C5)CCC45CC6CC(CC(C6)C4)C5)CC3)cc2)cc(C(=O)NCc2c(C)cc(C)[nH]c2=O)c1C)C1CCOCC1.CCN(c1cc(-c2ccc(CN3CCN(CCN)CC3)cc2)cc(C(=O)NCc2c(C)cc(C)[nH]c2=O)c1C)C1CCOCC1.O=CCC12CC3CC(CC(C3)C1)C2.[B-]OC(C)=O.[Na+]. The molecule has 6 N–H and O–H groups in total. The fourth-order valence-electron chi connectivity index (χ4n) is 28.9. The van der Waals surface area contributed by atoms with Crippen molar-refractivity contribution in [2.75, 3.05) is 141 Å². The largest absolute Gasteiger partial charge is 1.00 e. The number of hydrogen-bond acceptors (Lipinski definition) is 21. The van der Waals surface area contributed by atoms with Gasteiger partial charge < -0.3 is 68.0 Å². The molecule has 12 aliphatic carbocycles. The molecule has 3 radical (unpaired) electrons. The Morgan fingerprint density at radius 3 is 1.09 bits per heavy atom. The van der Waals surface area contributed by atoms with Gasteiger partial charge in [0.1, 0.15) is 6.29 Å². The molecule has 27 heteroatoms. The molecular weight excluding hydrogens is 1780 g/mol. The second-order valence-corrected chi connectivity index (χ2v) is 45.0. The van der Waals surface area contributed by atoms with E-state index in [0.29, 0.717) is 57.1 Å². The Morgan fingerprint density at radius 2 is 0.787 bits per heavy atom. The van der Waals surface area contributed by atoms with E-state index in [4.69, 9.17) is 15.2 Å². The maximum Gasteiger partial charge on any atom is 1.00 e. The number of anilines is 2. The predicted octanol–water partition coefficient (Wildman–Crippen LogP) is 14.0. The van der Waals surface area contributed by atoms with Crippen molar-refractivity contribution < 1.29 is 82.2 Å². The number of carbonyl (C=O) groups is 6. The first-order valence-corrected chi connectivity index (χ1v) is 53.5. The van der Waals surface area contributed by atoms with Gasteiger partial charge in [-0.05, 0) is 384 Å². The van der Waals surface area contributed by atoms with E-state index < -0.39 is 17.9 Å². The van der Waals surface area contributed by atoms with Gasteiger partial charge in [-0.25, -0.2) is 19.4 Å². The average molecular weight is 1940 g/mol. The van der Waals surface area contributed by atoms with Gasteiger partial charge in [0.05, 0.1) is 0 Å². The topological polar surface area (TPSA) is 287 Å². The maximum absolute atomic E-state index is 14.1. The Balaban J connectivity index is 0.000000186. The summed E-state index contributed by atoms with van der Waals surface area (Å²) in [5.74, 6) is 7.20. The summed E-state index contributed by atoms with van der Waals surface area (Å²) in [4.78, 5) is 125. The number of amides is 2. The molecule has 16 fully saturated rings. The number of rotatable bonds is 31. The predicted molar refractivity (Wildman–Crippen MR) is 554 cm³/mol. The number of pyridine rings is 2. The molecule has 4 saturated heterocycles. The second-order valence-electron chi connectivity index (χ2n) is 45.0. The molecule has 4 aliphatic heterocycles. The summed E-state index contributed by atoms with van der Waals surface area (Å²) < 4.78 is 15.0. The van der Waals surface area contributed by atoms with Crippen LogP contribution < -0.4 is 66.8 Å². The molecular formula is C114H163BN12NaO13. The molecule has 0 spiro atoms. The summed E-state index contributed by atoms with van der Waals surface area (Å²) in [5.41, 5.74) is 24.1. The zero-order chi connectivity index (χ0) is 98.9. The zero-order valence-corrected chi connectivity index (χ0v) is 89.3. The van der Waals surface area contributed by atoms with Gasteiger partial charge in [-0.1, -0.05) is 48.5 Å². The van der Waals surface area contributed by atoms with Crippen molar-refractivity contribution in [3.8, 4) is 22.3 Å². The molecule has 0 atom stereocenters. The minimum Gasteiger partial charge on any atom is -0.793 e. The van der Waals surface area contributed by atoms with Gasteiger partial charge in [0, 0.05) is 229 Å². The van der Waals surface area contributed by atoms with Crippen LogP contribution >= 0.6 is 0 Å². The molecule has 6 aromatic rings. The van der Waals surface area contributed by atoms with E-state index in [-0.39, 0.29) is 65.6 Å². The molecule has 25 nitrogen and oxygen atoms in total. The molecule has 4 aromatic carbocycles. The van der Waals surface area contributed by atoms with Crippen LogP contribution in [0, 0.1) is 111 Å². The molecule has 12 bridgehead atoms. The van der Waals surface area contributed by atoms with Crippen molar-refractivity contribution in [3.05, 3.63) is 173 Å². The third kappa shape index (κ3) is 28.9. The van der Waals surface area contributed by atoms with Crippen LogP contribution in [0.15, 0.2) is 94.5 Å². The van der Waals surface area contributed by atoms with Crippen LogP contribution in [-0.4, -0.2) is 222 Å². The number of aldehydes is 1. The molecule has 0 unspecified atom stereocenters. The standard InChI is InChI=1S/C60H86N6O3.C36H50N6O3.C12H18O.C4H6O4.C2H3BO2.Na/c1-5-66(53-10-22-69-23-11-53)56-32-52(31-54(43(56)4)57(67)61-39-55-41(2)24-42(3)62-58(55)68)51-8-6-44(7-9-51)40-65-20-18-64(19-21-65)17-16-63(14-12-59-33-45-25-46(34-59)27-47(26-45)35-59)15-13-60-36-48-28-49(37-60)30-50(29-48)38-60;1-5-42(31-10-18-45-19-11-31)34-22-30(29-8-6-28(7-9-29)24-41-16-14-40(13-12-37)15-17-41)21-32(27(34)4)35(43)38-23-33-25(2)20-26(3)39-36(33)44;13-2-1-12-6-9-3-10(7-12)5-11(4-9)8-12;1-3(5)7-8-4(2)6;1-2(4)5-3;/h6-9,24,31-32,45-50,53H,5,10-23,25-30,33-40H2,1-4H3,(H,61,67)(H,62,68);6-9,20-22,31H,5,10-19,23-24,37H2,1-4H3,(H,38,43)(H,39,44);2,9-11H,1,3-8H2;1-2H3;1H3;/q;;;;-1;+1. The van der Waals surface area contributed by atoms with Crippen molar-refractivity contribution in [2.24, 2.45) is 75.2 Å². The number of nitrogens with two attached hydrogens (primary N) is 1. The van der Waals surface area contributed by atoms with E-state index in [2.05, 4.69) is 165 Å². The minimum atomic E-state index is -0.639. The number of nitrogens with one attached hydrogen (secondary N) is 4. The number of H-pyrrole nitrogens is 2. The van der Waals surface area contributed by atoms with Crippen molar-refractivity contribution in [2.45, 2.75) is 275 Å². The number of aryl methyl sites for hydroxylation is 4. The van der Waals surface area contributed by atoms with Crippen LogP contribution in [0.5, 0.6) is 0 Å². The molecule has 6 heterocycles. The minimum absolute atomic E-state index is 0. The quantitative estimate of drug-likeness (QED) is 0.0117. The smallest absolute Gasteiger partial charge is 0.793 e. The summed E-state index contributed by atoms with van der Waals surface area (Å²) in [6, 6.07) is 31.1. The summed E-state index contributed by atoms with van der Waals surface area (Å²) in [7, 11) is 4.32. The summed E-state index contributed by atoms with van der Waals surface area (Å²) >= 11 is 0. The van der Waals surface area contributed by atoms with Crippen LogP contribution in [0.3, 0.4) is 0 Å². The number of aromatic nitrogens is 2. The van der Waals surface area contributed by atoms with Crippen molar-refractivity contribution >= 4 is 55.4 Å². The van der Waals surface area contributed by atoms with Gasteiger partial charge in [0.25, 0.3) is 22.9 Å². The Labute approximate surface area is 862 Å². The van der Waals surface area contributed by atoms with Crippen molar-refractivity contribution in [3.63, 3.8) is 0 Å². The second kappa shape index (κ2) is 50.5. The van der Waals surface area contributed by atoms with Crippen LogP contribution in [0.2, 0.25) is 0 Å². The summed E-state index contributed by atoms with van der Waals surface area (Å²) in [6.45, 7) is 42.2. The monoisotopic (exact) mass is 1940 g/mol. The van der Waals surface area contributed by atoms with Gasteiger partial charge in [-0.15, -0.1) is 0 Å². The molecule has 2 amide bonds. The first kappa shape index (κ1) is 109. The Kier molecular flexibility index (Phi) is 39.0. The van der Waals surface area contributed by atoms with Gasteiger partial charge >= 0.3 is 41.5 Å². The van der Waals surface area contributed by atoms with Gasteiger partial charge in [0.15, 0.2) is 0 Å². The van der Waals surface area contributed by atoms with Crippen LogP contribution in [0.1, 0.15) is 272 Å². The van der Waals surface area contributed by atoms with Gasteiger partial charge in [-0.3, -0.25) is 43.6 Å². The van der Waals surface area contributed by atoms with E-state index in [0.717, 1.165) is 278 Å². The molecule has 141 heavy (non-hydrogen) atoms. The summed E-state index contributed by atoms with van der Waals surface area (Å²) in [6.07, 6.45) is 36.0. The Hall–Kier alpha value is -7.86. The number of ether oxygens (including phenoxy) is 2. The fourth-order valence-corrected chi connectivity index (χ4v) is 28.9. The Morgan fingerprint density at radius 1 is 0.461 bits per heavy atom. The first-order valence-electron chi connectivity index (χ1n) is 53.5. The number of hydrogen-bond donors (Lipinski definition) is 5. The van der Waals surface area contributed by atoms with Crippen LogP contribution in [0.25, 0.3) is 22.3 Å². The Bertz CT molecular complexity index is 5140. The van der Waals surface area contributed by atoms with E-state index in [9.17, 15) is 38.4 Å². The van der Waals surface area contributed by atoms with Gasteiger partial charge in [-0.2, -0.15) is 0 Å². The molecule has 22 rings (SSSR count). The van der Waals surface area contributed by atoms with Crippen molar-refractivity contribution in [1.29, 1.82) is 0 Å². The van der Waals surface area contributed by atoms with Gasteiger partial charge in [0.2, 0.25) is 5.97 Å². The molecule has 761 valence electrons. The molecule has 16 aliphatic rings. The number of nitrogens with zero attached hydrogens (tertiary/aromatic N) is 7. The maximum atomic E-state index is 14.1. The number of aromatic amines is 2. The zero-order valence-electron chi connectivity index (χ0n) is 87.3. The normalized spacial score (nSPS) is 26.0.